The number of rotatable bonds is 7. The lowest BCUT2D eigenvalue weighted by molar-refractivity contribution is -0.00432. The number of sulfone groups is 1. The molecule has 0 aromatic rings. The molecule has 0 aromatic carbocycles. The summed E-state index contributed by atoms with van der Waals surface area (Å²) in [5.74, 6) is 0.319. The first-order valence-corrected chi connectivity index (χ1v) is 6.66. The fraction of sp³-hybridized carbons (Fsp3) is 1.00. The molecule has 14 heavy (non-hydrogen) atoms. The van der Waals surface area contributed by atoms with Crippen LogP contribution in [-0.4, -0.2) is 44.3 Å². The summed E-state index contributed by atoms with van der Waals surface area (Å²) in [6, 6.07) is 0. The minimum atomic E-state index is -2.90. The Kier molecular flexibility index (Phi) is 6.31. The Hall–Kier alpha value is -0.130. The van der Waals surface area contributed by atoms with Crippen molar-refractivity contribution in [3.05, 3.63) is 0 Å². The summed E-state index contributed by atoms with van der Waals surface area (Å²) in [4.78, 5) is 0. The molecule has 0 bridgehead atoms. The van der Waals surface area contributed by atoms with Gasteiger partial charge in [-0.3, -0.25) is 0 Å². The van der Waals surface area contributed by atoms with Gasteiger partial charge in [0.25, 0.3) is 0 Å². The van der Waals surface area contributed by atoms with Gasteiger partial charge < -0.3 is 9.84 Å². The Bertz CT molecular complexity index is 235. The molecule has 0 rings (SSSR count). The molecule has 0 saturated carbocycles. The number of hydrogen-bond acceptors (Lipinski definition) is 4. The molecule has 0 radical (unpaired) electrons. The summed E-state index contributed by atoms with van der Waals surface area (Å²) in [5, 5.41) is 9.47. The zero-order chi connectivity index (χ0) is 11.2. The third-order valence-electron chi connectivity index (χ3n) is 2.31. The summed E-state index contributed by atoms with van der Waals surface area (Å²) in [7, 11) is -1.38. The molecule has 4 nitrogen and oxygen atoms in total. The highest BCUT2D eigenvalue weighted by Gasteiger charge is 2.14. The Morgan fingerprint density at radius 3 is 2.43 bits per heavy atom. The predicted octanol–water partition coefficient (Wildman–Crippen LogP) is 0.597. The second-order valence-corrected chi connectivity index (χ2v) is 5.86. The number of methoxy groups -OCH3 is 1. The van der Waals surface area contributed by atoms with Crippen LogP contribution >= 0.6 is 0 Å². The van der Waals surface area contributed by atoms with Crippen LogP contribution < -0.4 is 0 Å². The van der Waals surface area contributed by atoms with E-state index in [1.165, 1.54) is 7.11 Å². The zero-order valence-corrected chi connectivity index (χ0v) is 9.88. The SMILES string of the molecule is CCS(=O)(=O)CCCC(O)C(C)OC. The van der Waals surface area contributed by atoms with Crippen molar-refractivity contribution in [2.45, 2.75) is 38.9 Å². The summed E-state index contributed by atoms with van der Waals surface area (Å²) < 4.78 is 27.1. The van der Waals surface area contributed by atoms with Crippen LogP contribution in [0.3, 0.4) is 0 Å². The van der Waals surface area contributed by atoms with Gasteiger partial charge in [-0.1, -0.05) is 6.92 Å². The standard InChI is InChI=1S/C9H20O4S/c1-4-14(11,12)7-5-6-9(10)8(2)13-3/h8-10H,4-7H2,1-3H3. The van der Waals surface area contributed by atoms with Crippen LogP contribution in [0.15, 0.2) is 0 Å². The second-order valence-electron chi connectivity index (χ2n) is 3.39. The lowest BCUT2D eigenvalue weighted by atomic mass is 10.1. The zero-order valence-electron chi connectivity index (χ0n) is 9.06. The molecule has 0 aromatic heterocycles. The average Bonchev–Trinajstić information content (AvgIpc) is 2.16. The van der Waals surface area contributed by atoms with Crippen molar-refractivity contribution in [1.82, 2.24) is 0 Å². The van der Waals surface area contributed by atoms with E-state index in [1.807, 2.05) is 0 Å². The predicted molar refractivity (Wildman–Crippen MR) is 56.0 cm³/mol. The first-order valence-electron chi connectivity index (χ1n) is 4.84. The lowest BCUT2D eigenvalue weighted by Gasteiger charge is -2.16. The number of aliphatic hydroxyl groups excluding tert-OH is 1. The molecule has 0 amide bonds. The highest BCUT2D eigenvalue weighted by Crippen LogP contribution is 2.06. The van der Waals surface area contributed by atoms with Crippen molar-refractivity contribution in [1.29, 1.82) is 0 Å². The minimum absolute atomic E-state index is 0.150. The maximum atomic E-state index is 11.1. The molecule has 0 saturated heterocycles. The van der Waals surface area contributed by atoms with E-state index in [9.17, 15) is 13.5 Å². The molecule has 0 aliphatic heterocycles. The Balaban J connectivity index is 3.75. The van der Waals surface area contributed by atoms with Gasteiger partial charge in [0, 0.05) is 12.9 Å². The first-order chi connectivity index (χ1) is 6.43. The van der Waals surface area contributed by atoms with E-state index in [4.69, 9.17) is 4.74 Å². The van der Waals surface area contributed by atoms with Gasteiger partial charge in [-0.2, -0.15) is 0 Å². The van der Waals surface area contributed by atoms with E-state index in [-0.39, 0.29) is 17.6 Å². The fourth-order valence-electron chi connectivity index (χ4n) is 1.05. The molecule has 0 heterocycles. The summed E-state index contributed by atoms with van der Waals surface area (Å²) in [6.45, 7) is 3.39. The van der Waals surface area contributed by atoms with Crippen LogP contribution in [-0.2, 0) is 14.6 Å². The van der Waals surface area contributed by atoms with Crippen molar-refractivity contribution in [3.8, 4) is 0 Å². The van der Waals surface area contributed by atoms with Crippen molar-refractivity contribution in [2.24, 2.45) is 0 Å². The van der Waals surface area contributed by atoms with Gasteiger partial charge in [0.2, 0.25) is 0 Å². The molecule has 5 heteroatoms. The maximum Gasteiger partial charge on any atom is 0.150 e. The number of aliphatic hydroxyl groups is 1. The largest absolute Gasteiger partial charge is 0.390 e. The molecule has 2 unspecified atom stereocenters. The highest BCUT2D eigenvalue weighted by atomic mass is 32.2. The van der Waals surface area contributed by atoms with Gasteiger partial charge in [-0.15, -0.1) is 0 Å². The number of ether oxygens (including phenoxy) is 1. The highest BCUT2D eigenvalue weighted by molar-refractivity contribution is 7.91. The van der Waals surface area contributed by atoms with Gasteiger partial charge in [-0.25, -0.2) is 8.42 Å². The van der Waals surface area contributed by atoms with Crippen LogP contribution in [0.4, 0.5) is 0 Å². The van der Waals surface area contributed by atoms with Gasteiger partial charge in [0.15, 0.2) is 0 Å². The lowest BCUT2D eigenvalue weighted by Crippen LogP contribution is -2.25. The van der Waals surface area contributed by atoms with Gasteiger partial charge in [-0.05, 0) is 19.8 Å². The third kappa shape index (κ3) is 5.57. The van der Waals surface area contributed by atoms with Crippen LogP contribution in [0.2, 0.25) is 0 Å². The molecule has 0 fully saturated rings. The Labute approximate surface area is 86.2 Å². The van der Waals surface area contributed by atoms with Crippen molar-refractivity contribution in [3.63, 3.8) is 0 Å². The molecule has 0 aliphatic rings. The quantitative estimate of drug-likeness (QED) is 0.687. The van der Waals surface area contributed by atoms with Gasteiger partial charge in [0.1, 0.15) is 9.84 Å². The van der Waals surface area contributed by atoms with E-state index in [2.05, 4.69) is 0 Å². The van der Waals surface area contributed by atoms with E-state index in [1.54, 1.807) is 13.8 Å². The van der Waals surface area contributed by atoms with Crippen LogP contribution in [0, 0.1) is 0 Å². The van der Waals surface area contributed by atoms with E-state index >= 15 is 0 Å². The smallest absolute Gasteiger partial charge is 0.150 e. The van der Waals surface area contributed by atoms with Crippen LogP contribution in [0.25, 0.3) is 0 Å². The molecular weight excluding hydrogens is 204 g/mol. The summed E-state index contributed by atoms with van der Waals surface area (Å²) in [5.41, 5.74) is 0. The number of hydrogen-bond donors (Lipinski definition) is 1. The summed E-state index contributed by atoms with van der Waals surface area (Å²) >= 11 is 0. The Morgan fingerprint density at radius 1 is 1.43 bits per heavy atom. The van der Waals surface area contributed by atoms with E-state index in [0.717, 1.165) is 0 Å². The monoisotopic (exact) mass is 224 g/mol. The van der Waals surface area contributed by atoms with Gasteiger partial charge in [0.05, 0.1) is 18.0 Å². The minimum Gasteiger partial charge on any atom is -0.390 e. The maximum absolute atomic E-state index is 11.1. The van der Waals surface area contributed by atoms with Crippen molar-refractivity contribution >= 4 is 9.84 Å². The normalized spacial score (nSPS) is 16.6. The molecule has 0 aliphatic carbocycles. The second kappa shape index (κ2) is 6.37. The van der Waals surface area contributed by atoms with Crippen LogP contribution in [0.5, 0.6) is 0 Å². The van der Waals surface area contributed by atoms with Crippen molar-refractivity contribution < 1.29 is 18.3 Å². The molecular formula is C9H20O4S. The Morgan fingerprint density at radius 2 is 2.00 bits per heavy atom. The molecule has 86 valence electrons. The van der Waals surface area contributed by atoms with E-state index in [0.29, 0.717) is 12.8 Å². The molecule has 2 atom stereocenters. The third-order valence-corrected chi connectivity index (χ3v) is 4.10. The topological polar surface area (TPSA) is 63.6 Å². The first kappa shape index (κ1) is 13.9. The molecule has 0 spiro atoms. The van der Waals surface area contributed by atoms with Crippen molar-refractivity contribution in [2.75, 3.05) is 18.6 Å². The van der Waals surface area contributed by atoms with Gasteiger partial charge >= 0.3 is 0 Å². The molecule has 1 N–H and O–H groups in total. The van der Waals surface area contributed by atoms with Crippen LogP contribution in [0.1, 0.15) is 26.7 Å². The average molecular weight is 224 g/mol. The summed E-state index contributed by atoms with van der Waals surface area (Å²) in [6.07, 6.45) is 0.144. The fourth-order valence-corrected chi connectivity index (χ4v) is 1.94. The van der Waals surface area contributed by atoms with E-state index < -0.39 is 15.9 Å².